The molecule has 0 spiro atoms. The summed E-state index contributed by atoms with van der Waals surface area (Å²) in [5.74, 6) is 2.71. The van der Waals surface area contributed by atoms with Crippen molar-refractivity contribution < 1.29 is 14.3 Å². The molecule has 0 saturated carbocycles. The summed E-state index contributed by atoms with van der Waals surface area (Å²) in [5, 5.41) is 3.47. The van der Waals surface area contributed by atoms with Crippen molar-refractivity contribution in [3.05, 3.63) is 22.7 Å². The first kappa shape index (κ1) is 16.2. The standard InChI is InChI=1S/C14H17ClN2O3/c1-4-9(2)17-7-10-5-11(15)14(12(6-10)19-3)20-8-13(16)18/h1,5-6,9,17H,7-8H2,2-3H3,(H2,16,18). The van der Waals surface area contributed by atoms with E-state index in [0.29, 0.717) is 23.1 Å². The van der Waals surface area contributed by atoms with Crippen LogP contribution < -0.4 is 20.5 Å². The molecule has 6 heteroatoms. The van der Waals surface area contributed by atoms with E-state index in [1.807, 2.05) is 6.92 Å². The highest BCUT2D eigenvalue weighted by molar-refractivity contribution is 6.32. The Bertz CT molecular complexity index is 526. The number of rotatable bonds is 7. The third-order valence-corrected chi connectivity index (χ3v) is 2.79. The van der Waals surface area contributed by atoms with Gasteiger partial charge in [-0.1, -0.05) is 17.5 Å². The first-order chi connectivity index (χ1) is 9.47. The van der Waals surface area contributed by atoms with Crippen molar-refractivity contribution in [2.75, 3.05) is 13.7 Å². The van der Waals surface area contributed by atoms with Gasteiger partial charge in [0.05, 0.1) is 18.2 Å². The van der Waals surface area contributed by atoms with Crippen LogP contribution in [0, 0.1) is 12.3 Å². The normalized spacial score (nSPS) is 11.5. The monoisotopic (exact) mass is 296 g/mol. The molecule has 1 aromatic carbocycles. The molecule has 1 amide bonds. The summed E-state index contributed by atoms with van der Waals surface area (Å²) >= 11 is 6.12. The van der Waals surface area contributed by atoms with Crippen LogP contribution in [-0.2, 0) is 11.3 Å². The van der Waals surface area contributed by atoms with Crippen molar-refractivity contribution in [2.45, 2.75) is 19.5 Å². The van der Waals surface area contributed by atoms with Gasteiger partial charge in [-0.05, 0) is 24.6 Å². The topological polar surface area (TPSA) is 73.6 Å². The van der Waals surface area contributed by atoms with Crippen LogP contribution in [0.4, 0.5) is 0 Å². The number of benzene rings is 1. The van der Waals surface area contributed by atoms with Gasteiger partial charge in [0.2, 0.25) is 0 Å². The minimum Gasteiger partial charge on any atom is -0.493 e. The maximum atomic E-state index is 10.7. The number of nitrogens with one attached hydrogen (secondary N) is 1. The van der Waals surface area contributed by atoms with E-state index in [4.69, 9.17) is 33.2 Å². The van der Waals surface area contributed by atoms with Gasteiger partial charge >= 0.3 is 0 Å². The maximum Gasteiger partial charge on any atom is 0.255 e. The number of primary amides is 1. The van der Waals surface area contributed by atoms with Crippen LogP contribution in [0.1, 0.15) is 12.5 Å². The lowest BCUT2D eigenvalue weighted by Gasteiger charge is -2.14. The fraction of sp³-hybridized carbons (Fsp3) is 0.357. The molecular formula is C14H17ClN2O3. The number of carbonyl (C=O) groups excluding carboxylic acids is 1. The van der Waals surface area contributed by atoms with Crippen molar-refractivity contribution >= 4 is 17.5 Å². The van der Waals surface area contributed by atoms with Crippen LogP contribution in [0.2, 0.25) is 5.02 Å². The maximum absolute atomic E-state index is 10.7. The van der Waals surface area contributed by atoms with E-state index in [-0.39, 0.29) is 12.6 Å². The fourth-order valence-electron chi connectivity index (χ4n) is 1.49. The predicted molar refractivity (Wildman–Crippen MR) is 77.8 cm³/mol. The summed E-state index contributed by atoms with van der Waals surface area (Å²) in [6.07, 6.45) is 5.29. The van der Waals surface area contributed by atoms with E-state index in [9.17, 15) is 4.79 Å². The number of ether oxygens (including phenoxy) is 2. The van der Waals surface area contributed by atoms with Crippen LogP contribution in [-0.4, -0.2) is 25.7 Å². The molecule has 20 heavy (non-hydrogen) atoms. The van der Waals surface area contributed by atoms with Crippen molar-refractivity contribution in [1.29, 1.82) is 0 Å². The van der Waals surface area contributed by atoms with Gasteiger partial charge in [-0.15, -0.1) is 6.42 Å². The Morgan fingerprint density at radius 3 is 2.85 bits per heavy atom. The first-order valence-electron chi connectivity index (χ1n) is 5.95. The predicted octanol–water partition coefficient (Wildman–Crippen LogP) is 1.32. The molecule has 0 fully saturated rings. The van der Waals surface area contributed by atoms with Crippen LogP contribution in [0.15, 0.2) is 12.1 Å². The van der Waals surface area contributed by atoms with Gasteiger partial charge in [0.1, 0.15) is 0 Å². The molecule has 1 unspecified atom stereocenters. The molecular weight excluding hydrogens is 280 g/mol. The van der Waals surface area contributed by atoms with Crippen LogP contribution in [0.5, 0.6) is 11.5 Å². The van der Waals surface area contributed by atoms with Gasteiger partial charge in [-0.25, -0.2) is 0 Å². The summed E-state index contributed by atoms with van der Waals surface area (Å²) in [6.45, 7) is 2.16. The minimum atomic E-state index is -0.586. The SMILES string of the molecule is C#CC(C)NCc1cc(Cl)c(OCC(N)=O)c(OC)c1. The quantitative estimate of drug-likeness (QED) is 0.744. The molecule has 0 heterocycles. The zero-order valence-electron chi connectivity index (χ0n) is 11.4. The van der Waals surface area contributed by atoms with E-state index in [0.717, 1.165) is 5.56 Å². The van der Waals surface area contributed by atoms with Gasteiger partial charge in [-0.2, -0.15) is 0 Å². The molecule has 3 N–H and O–H groups in total. The Morgan fingerprint density at radius 2 is 2.30 bits per heavy atom. The lowest BCUT2D eigenvalue weighted by Crippen LogP contribution is -2.23. The Labute approximate surface area is 123 Å². The van der Waals surface area contributed by atoms with E-state index in [2.05, 4.69) is 11.2 Å². The second-order valence-corrected chi connectivity index (χ2v) is 4.54. The molecule has 1 rings (SSSR count). The van der Waals surface area contributed by atoms with Crippen LogP contribution in [0.3, 0.4) is 0 Å². The minimum absolute atomic E-state index is 0.0504. The van der Waals surface area contributed by atoms with Gasteiger partial charge in [0.15, 0.2) is 18.1 Å². The highest BCUT2D eigenvalue weighted by Gasteiger charge is 2.13. The Balaban J connectivity index is 2.89. The molecule has 0 aliphatic heterocycles. The summed E-state index contributed by atoms with van der Waals surface area (Å²) < 4.78 is 10.4. The average Bonchev–Trinajstić information content (AvgIpc) is 2.42. The molecule has 0 bridgehead atoms. The number of halogens is 1. The van der Waals surface area contributed by atoms with Gasteiger partial charge < -0.3 is 15.2 Å². The molecule has 1 atom stereocenters. The molecule has 0 aliphatic carbocycles. The third kappa shape index (κ3) is 4.65. The van der Waals surface area contributed by atoms with Gasteiger partial charge in [0.25, 0.3) is 5.91 Å². The van der Waals surface area contributed by atoms with Crippen molar-refractivity contribution in [1.82, 2.24) is 5.32 Å². The highest BCUT2D eigenvalue weighted by atomic mass is 35.5. The summed E-state index contributed by atoms with van der Waals surface area (Å²) in [5.41, 5.74) is 5.92. The van der Waals surface area contributed by atoms with E-state index in [1.165, 1.54) is 7.11 Å². The Morgan fingerprint density at radius 1 is 1.60 bits per heavy atom. The first-order valence-corrected chi connectivity index (χ1v) is 6.32. The number of methoxy groups -OCH3 is 1. The molecule has 0 aliphatic rings. The van der Waals surface area contributed by atoms with Crippen molar-refractivity contribution in [3.8, 4) is 23.8 Å². The summed E-state index contributed by atoms with van der Waals surface area (Å²) in [4.78, 5) is 10.7. The van der Waals surface area contributed by atoms with E-state index >= 15 is 0 Å². The van der Waals surface area contributed by atoms with E-state index < -0.39 is 5.91 Å². The number of terminal acetylenes is 1. The van der Waals surface area contributed by atoms with Crippen LogP contribution >= 0.6 is 11.6 Å². The largest absolute Gasteiger partial charge is 0.493 e. The van der Waals surface area contributed by atoms with Gasteiger partial charge in [-0.3, -0.25) is 10.1 Å². The van der Waals surface area contributed by atoms with E-state index in [1.54, 1.807) is 12.1 Å². The fourth-order valence-corrected chi connectivity index (χ4v) is 1.78. The lowest BCUT2D eigenvalue weighted by atomic mass is 10.2. The highest BCUT2D eigenvalue weighted by Crippen LogP contribution is 2.36. The Kier molecular flexibility index (Phi) is 6.16. The Hall–Kier alpha value is -1.90. The number of amides is 1. The number of nitrogens with two attached hydrogens (primary N) is 1. The third-order valence-electron chi connectivity index (χ3n) is 2.51. The average molecular weight is 297 g/mol. The molecule has 5 nitrogen and oxygen atoms in total. The van der Waals surface area contributed by atoms with Crippen molar-refractivity contribution in [2.24, 2.45) is 5.73 Å². The molecule has 108 valence electrons. The van der Waals surface area contributed by atoms with Gasteiger partial charge in [0, 0.05) is 6.54 Å². The molecule has 0 aromatic heterocycles. The molecule has 0 saturated heterocycles. The molecule has 0 radical (unpaired) electrons. The number of hydrogen-bond donors (Lipinski definition) is 2. The second kappa shape index (κ2) is 7.63. The number of carbonyl (C=O) groups is 1. The zero-order valence-corrected chi connectivity index (χ0v) is 12.2. The zero-order chi connectivity index (χ0) is 15.1. The summed E-state index contributed by atoms with van der Waals surface area (Å²) in [7, 11) is 1.49. The number of hydrogen-bond acceptors (Lipinski definition) is 4. The smallest absolute Gasteiger partial charge is 0.255 e. The van der Waals surface area contributed by atoms with Crippen LogP contribution in [0.25, 0.3) is 0 Å². The second-order valence-electron chi connectivity index (χ2n) is 4.13. The lowest BCUT2D eigenvalue weighted by molar-refractivity contribution is -0.119. The molecule has 1 aromatic rings. The van der Waals surface area contributed by atoms with Crippen molar-refractivity contribution in [3.63, 3.8) is 0 Å². The summed E-state index contributed by atoms with van der Waals surface area (Å²) in [6, 6.07) is 3.43.